The molecule has 1 N–H and O–H groups in total. The standard InChI is InChI=1S/C26H27F2N9O/c1-15(2)37-14-31-24-21(37)10-20(32-25(24)28)19-5-7-29-26(33-19)34-22-4-3-18(11-30-22)36-8-6-17(9-23(36)38)35-12-16(27)13-35/h3-5,7,10-11,14-17H,6,8-9,12-13H2,1-2H3,(H,29,30,33,34). The molecule has 4 aromatic rings. The average molecular weight is 520 g/mol. The molecule has 0 spiro atoms. The molecule has 1 amide bonds. The second-order valence-corrected chi connectivity index (χ2v) is 9.95. The summed E-state index contributed by atoms with van der Waals surface area (Å²) in [4.78, 5) is 37.9. The Balaban J connectivity index is 1.16. The predicted octanol–water partition coefficient (Wildman–Crippen LogP) is 3.90. The van der Waals surface area contributed by atoms with Crippen molar-refractivity contribution in [1.29, 1.82) is 0 Å². The molecule has 0 aliphatic carbocycles. The van der Waals surface area contributed by atoms with Crippen molar-refractivity contribution >= 4 is 34.4 Å². The molecule has 2 saturated heterocycles. The number of alkyl halides is 1. The molecule has 196 valence electrons. The summed E-state index contributed by atoms with van der Waals surface area (Å²) in [5, 5.41) is 3.06. The minimum Gasteiger partial charge on any atom is -0.328 e. The minimum atomic E-state index is -0.771. The van der Waals surface area contributed by atoms with Gasteiger partial charge in [0.05, 0.1) is 35.1 Å². The van der Waals surface area contributed by atoms with Gasteiger partial charge in [-0.05, 0) is 44.5 Å². The van der Waals surface area contributed by atoms with Crippen LogP contribution in [0.15, 0.2) is 43.0 Å². The average Bonchev–Trinajstić information content (AvgIpc) is 3.33. The normalized spacial score (nSPS) is 18.8. The first-order chi connectivity index (χ1) is 18.4. The van der Waals surface area contributed by atoms with Gasteiger partial charge in [-0.3, -0.25) is 9.69 Å². The van der Waals surface area contributed by atoms with E-state index in [1.54, 1.807) is 41.8 Å². The Morgan fingerprint density at radius 1 is 1.08 bits per heavy atom. The fraction of sp³-hybridized carbons (Fsp3) is 0.385. The van der Waals surface area contributed by atoms with Crippen LogP contribution in [0.2, 0.25) is 0 Å². The molecule has 10 nitrogen and oxygen atoms in total. The number of amides is 1. The number of carbonyl (C=O) groups excluding carboxylic acids is 1. The molecule has 0 bridgehead atoms. The summed E-state index contributed by atoms with van der Waals surface area (Å²) in [6.07, 6.45) is 5.21. The van der Waals surface area contributed by atoms with E-state index in [1.165, 1.54) is 0 Å². The maximum atomic E-state index is 14.7. The van der Waals surface area contributed by atoms with Crippen LogP contribution in [0.25, 0.3) is 22.4 Å². The highest BCUT2D eigenvalue weighted by Crippen LogP contribution is 2.28. The van der Waals surface area contributed by atoms with E-state index in [1.807, 2.05) is 29.4 Å². The third kappa shape index (κ3) is 4.55. The van der Waals surface area contributed by atoms with Gasteiger partial charge in [0.15, 0.2) is 0 Å². The number of hydrogen-bond acceptors (Lipinski definition) is 8. The zero-order valence-electron chi connectivity index (χ0n) is 21.1. The van der Waals surface area contributed by atoms with Crippen molar-refractivity contribution in [2.75, 3.05) is 29.9 Å². The van der Waals surface area contributed by atoms with Crippen molar-refractivity contribution < 1.29 is 13.6 Å². The molecule has 38 heavy (non-hydrogen) atoms. The Hall–Kier alpha value is -4.06. The van der Waals surface area contributed by atoms with Gasteiger partial charge in [0.2, 0.25) is 17.8 Å². The van der Waals surface area contributed by atoms with Crippen molar-refractivity contribution in [3.63, 3.8) is 0 Å². The highest BCUT2D eigenvalue weighted by molar-refractivity contribution is 5.94. The number of likely N-dealkylation sites (tertiary alicyclic amines) is 1. The molecular weight excluding hydrogens is 492 g/mol. The van der Waals surface area contributed by atoms with Crippen LogP contribution in [0, 0.1) is 5.95 Å². The van der Waals surface area contributed by atoms with Crippen LogP contribution < -0.4 is 10.2 Å². The van der Waals surface area contributed by atoms with Crippen LogP contribution in [0.1, 0.15) is 32.7 Å². The number of hydrogen-bond donors (Lipinski definition) is 1. The third-order valence-corrected chi connectivity index (χ3v) is 7.07. The van der Waals surface area contributed by atoms with Crippen molar-refractivity contribution in [3.05, 3.63) is 48.9 Å². The lowest BCUT2D eigenvalue weighted by Gasteiger charge is -2.44. The maximum absolute atomic E-state index is 14.7. The van der Waals surface area contributed by atoms with Gasteiger partial charge >= 0.3 is 0 Å². The molecule has 1 unspecified atom stereocenters. The molecule has 0 saturated carbocycles. The molecule has 0 aromatic carbocycles. The lowest BCUT2D eigenvalue weighted by Crippen LogP contribution is -2.57. The molecule has 0 radical (unpaired) electrons. The van der Waals surface area contributed by atoms with Crippen LogP contribution in [0.3, 0.4) is 0 Å². The summed E-state index contributed by atoms with van der Waals surface area (Å²) < 4.78 is 29.7. The number of pyridine rings is 2. The zero-order valence-corrected chi connectivity index (χ0v) is 21.1. The topological polar surface area (TPSA) is 105 Å². The van der Waals surface area contributed by atoms with E-state index < -0.39 is 12.1 Å². The van der Waals surface area contributed by atoms with Crippen LogP contribution in [-0.4, -0.2) is 72.1 Å². The largest absolute Gasteiger partial charge is 0.328 e. The lowest BCUT2D eigenvalue weighted by molar-refractivity contribution is -0.122. The molecule has 2 aliphatic heterocycles. The first kappa shape index (κ1) is 24.3. The van der Waals surface area contributed by atoms with E-state index in [0.717, 1.165) is 6.42 Å². The van der Waals surface area contributed by atoms with E-state index in [2.05, 4.69) is 30.2 Å². The second kappa shape index (κ2) is 9.67. The quantitative estimate of drug-likeness (QED) is 0.383. The summed E-state index contributed by atoms with van der Waals surface area (Å²) in [5.74, 6) is 0.130. The minimum absolute atomic E-state index is 0.0117. The monoisotopic (exact) mass is 519 g/mol. The van der Waals surface area contributed by atoms with E-state index in [0.29, 0.717) is 54.5 Å². The van der Waals surface area contributed by atoms with Gasteiger partial charge in [0.25, 0.3) is 0 Å². The number of anilines is 3. The number of rotatable bonds is 6. The third-order valence-electron chi connectivity index (χ3n) is 7.07. The number of fused-ring (bicyclic) bond motifs is 1. The Labute approximate surface area is 217 Å². The number of imidazole rings is 1. The van der Waals surface area contributed by atoms with Gasteiger partial charge in [-0.25, -0.2) is 29.3 Å². The van der Waals surface area contributed by atoms with Gasteiger partial charge in [-0.2, -0.15) is 4.39 Å². The van der Waals surface area contributed by atoms with Gasteiger partial charge in [-0.15, -0.1) is 0 Å². The Kier molecular flexibility index (Phi) is 6.18. The summed E-state index contributed by atoms with van der Waals surface area (Å²) in [7, 11) is 0. The molecule has 6 rings (SSSR count). The van der Waals surface area contributed by atoms with E-state index >= 15 is 0 Å². The fourth-order valence-corrected chi connectivity index (χ4v) is 4.99. The van der Waals surface area contributed by atoms with Crippen LogP contribution in [-0.2, 0) is 4.79 Å². The van der Waals surface area contributed by atoms with E-state index in [4.69, 9.17) is 0 Å². The number of aromatic nitrogens is 6. The smallest absolute Gasteiger partial charge is 0.241 e. The van der Waals surface area contributed by atoms with Crippen molar-refractivity contribution in [3.8, 4) is 11.4 Å². The second-order valence-electron chi connectivity index (χ2n) is 9.95. The number of halogens is 2. The van der Waals surface area contributed by atoms with Crippen molar-refractivity contribution in [2.45, 2.75) is 44.9 Å². The number of nitrogens with zero attached hydrogens (tertiary/aromatic N) is 8. The first-order valence-corrected chi connectivity index (χ1v) is 12.6. The number of piperidine rings is 1. The fourth-order valence-electron chi connectivity index (χ4n) is 4.99. The summed E-state index contributed by atoms with van der Waals surface area (Å²) in [6.45, 7) is 5.41. The molecule has 6 heterocycles. The van der Waals surface area contributed by atoms with E-state index in [9.17, 15) is 13.6 Å². The van der Waals surface area contributed by atoms with Gasteiger partial charge in [0.1, 0.15) is 17.5 Å². The van der Waals surface area contributed by atoms with Gasteiger partial charge < -0.3 is 14.8 Å². The van der Waals surface area contributed by atoms with Crippen LogP contribution >= 0.6 is 0 Å². The van der Waals surface area contributed by atoms with E-state index in [-0.39, 0.29) is 29.5 Å². The molecule has 2 fully saturated rings. The SMILES string of the molecule is CC(C)n1cnc2c(F)nc(-c3ccnc(Nc4ccc(N5CCC(N6CC(F)C6)CC5=O)cn4)n3)cc21. The van der Waals surface area contributed by atoms with Gasteiger partial charge in [-0.1, -0.05) is 0 Å². The summed E-state index contributed by atoms with van der Waals surface area (Å²) in [5.41, 5.74) is 2.38. The van der Waals surface area contributed by atoms with Crippen molar-refractivity contribution in [1.82, 2.24) is 34.4 Å². The number of carbonyl (C=O) groups is 1. The Morgan fingerprint density at radius 2 is 1.92 bits per heavy atom. The molecule has 1 atom stereocenters. The highest BCUT2D eigenvalue weighted by atomic mass is 19.1. The Bertz CT molecular complexity index is 1480. The van der Waals surface area contributed by atoms with Gasteiger partial charge in [0, 0.05) is 44.3 Å². The molecule has 4 aromatic heterocycles. The molecular formula is C26H27F2N9O. The number of nitrogens with one attached hydrogen (secondary N) is 1. The Morgan fingerprint density at radius 3 is 2.63 bits per heavy atom. The summed E-state index contributed by atoms with van der Waals surface area (Å²) >= 11 is 0. The van der Waals surface area contributed by atoms with Crippen LogP contribution in [0.4, 0.5) is 26.2 Å². The summed E-state index contributed by atoms with van der Waals surface area (Å²) in [6, 6.07) is 7.21. The lowest BCUT2D eigenvalue weighted by atomic mass is 9.98. The maximum Gasteiger partial charge on any atom is 0.241 e. The van der Waals surface area contributed by atoms with Crippen molar-refractivity contribution in [2.24, 2.45) is 0 Å². The highest BCUT2D eigenvalue weighted by Gasteiger charge is 2.37. The predicted molar refractivity (Wildman–Crippen MR) is 138 cm³/mol. The zero-order chi connectivity index (χ0) is 26.4. The molecule has 12 heteroatoms. The van der Waals surface area contributed by atoms with Crippen LogP contribution in [0.5, 0.6) is 0 Å². The first-order valence-electron chi connectivity index (χ1n) is 12.6. The molecule has 2 aliphatic rings.